The van der Waals surface area contributed by atoms with Crippen LogP contribution in [0.3, 0.4) is 0 Å². The number of carbonyl (C=O) groups excluding carboxylic acids is 2. The zero-order valence-corrected chi connectivity index (χ0v) is 17.4. The summed E-state index contributed by atoms with van der Waals surface area (Å²) in [5, 5.41) is 0. The molecule has 0 bridgehead atoms. The van der Waals surface area contributed by atoms with Crippen LogP contribution in [-0.2, 0) is 16.0 Å². The monoisotopic (exact) mass is 412 g/mol. The molecule has 4 nitrogen and oxygen atoms in total. The molecule has 154 valence electrons. The van der Waals surface area contributed by atoms with Crippen LogP contribution in [0, 0.1) is 19.7 Å². The highest BCUT2D eigenvalue weighted by Gasteiger charge is 2.44. The van der Waals surface area contributed by atoms with E-state index in [0.717, 1.165) is 28.8 Å². The summed E-state index contributed by atoms with van der Waals surface area (Å²) >= 11 is 0. The highest BCUT2D eigenvalue weighted by Crippen LogP contribution is 2.40. The van der Waals surface area contributed by atoms with Gasteiger partial charge in [-0.3, -0.25) is 9.59 Å². The summed E-state index contributed by atoms with van der Waals surface area (Å²) in [5.74, 6) is -1.13. The van der Waals surface area contributed by atoms with E-state index in [4.69, 9.17) is 0 Å². The number of fused-ring (bicyclic) bond motifs is 1. The number of anilines is 2. The first-order chi connectivity index (χ1) is 15.0. The number of carbonyl (C=O) groups is 2. The Morgan fingerprint density at radius 3 is 2.29 bits per heavy atom. The van der Waals surface area contributed by atoms with E-state index in [-0.39, 0.29) is 17.6 Å². The lowest BCUT2D eigenvalue weighted by Crippen LogP contribution is -2.35. The van der Waals surface area contributed by atoms with E-state index in [0.29, 0.717) is 29.1 Å². The summed E-state index contributed by atoms with van der Waals surface area (Å²) in [6, 6.07) is 19.3. The lowest BCUT2D eigenvalue weighted by atomic mass is 10.0. The van der Waals surface area contributed by atoms with Gasteiger partial charge in [0.25, 0.3) is 11.8 Å². The van der Waals surface area contributed by atoms with Gasteiger partial charge in [0.05, 0.1) is 11.3 Å². The van der Waals surface area contributed by atoms with Crippen molar-refractivity contribution in [1.82, 2.24) is 0 Å². The lowest BCUT2D eigenvalue weighted by Gasteiger charge is -2.22. The number of amides is 2. The van der Waals surface area contributed by atoms with Crippen molar-refractivity contribution in [3.8, 4) is 0 Å². The Hall–Kier alpha value is -3.73. The molecular formula is C26H21FN2O2. The number of para-hydroxylation sites is 1. The van der Waals surface area contributed by atoms with Crippen LogP contribution in [0.15, 0.2) is 72.4 Å². The molecule has 3 aromatic carbocycles. The van der Waals surface area contributed by atoms with Crippen molar-refractivity contribution in [3.63, 3.8) is 0 Å². The van der Waals surface area contributed by atoms with Gasteiger partial charge in [0.1, 0.15) is 11.5 Å². The zero-order chi connectivity index (χ0) is 21.7. The predicted octanol–water partition coefficient (Wildman–Crippen LogP) is 4.79. The fourth-order valence-corrected chi connectivity index (χ4v) is 4.41. The van der Waals surface area contributed by atoms with Gasteiger partial charge in [-0.25, -0.2) is 9.29 Å². The smallest absolute Gasteiger partial charge is 0.282 e. The average molecular weight is 412 g/mol. The highest BCUT2D eigenvalue weighted by atomic mass is 19.1. The molecular weight excluding hydrogens is 391 g/mol. The zero-order valence-electron chi connectivity index (χ0n) is 17.4. The highest BCUT2D eigenvalue weighted by molar-refractivity contribution is 6.46. The van der Waals surface area contributed by atoms with Gasteiger partial charge < -0.3 is 4.90 Å². The van der Waals surface area contributed by atoms with Crippen molar-refractivity contribution in [1.29, 1.82) is 0 Å². The molecule has 0 atom stereocenters. The molecule has 0 saturated carbocycles. The first-order valence-corrected chi connectivity index (χ1v) is 10.3. The van der Waals surface area contributed by atoms with E-state index in [1.54, 1.807) is 18.2 Å². The Morgan fingerprint density at radius 2 is 1.52 bits per heavy atom. The number of halogens is 1. The molecule has 2 heterocycles. The number of rotatable bonds is 3. The van der Waals surface area contributed by atoms with Crippen LogP contribution in [0.4, 0.5) is 15.8 Å². The second kappa shape index (κ2) is 7.20. The molecule has 2 aliphatic rings. The largest absolute Gasteiger partial charge is 0.336 e. The third kappa shape index (κ3) is 2.96. The van der Waals surface area contributed by atoms with Gasteiger partial charge in [0.15, 0.2) is 0 Å². The molecule has 2 aliphatic heterocycles. The molecule has 0 unspecified atom stereocenters. The number of hydrogen-bond acceptors (Lipinski definition) is 3. The van der Waals surface area contributed by atoms with Crippen LogP contribution in [0.5, 0.6) is 0 Å². The molecule has 5 heteroatoms. The SMILES string of the molecule is Cc1cccc(N2C(=O)C(c3ccc(F)cc3)=C(N3CCc4ccccc43)C2=O)c1C. The van der Waals surface area contributed by atoms with Crippen molar-refractivity contribution in [2.24, 2.45) is 0 Å². The summed E-state index contributed by atoms with van der Waals surface area (Å²) < 4.78 is 13.6. The average Bonchev–Trinajstić information content (AvgIpc) is 3.29. The number of hydrogen-bond donors (Lipinski definition) is 0. The number of aryl methyl sites for hydroxylation is 1. The maximum absolute atomic E-state index is 13.8. The Balaban J connectivity index is 1.71. The second-order valence-corrected chi connectivity index (χ2v) is 7.93. The van der Waals surface area contributed by atoms with Gasteiger partial charge in [-0.05, 0) is 66.8 Å². The van der Waals surface area contributed by atoms with Crippen molar-refractivity contribution in [3.05, 3.63) is 100 Å². The van der Waals surface area contributed by atoms with Gasteiger partial charge in [-0.2, -0.15) is 0 Å². The molecule has 3 aromatic rings. The molecule has 0 aromatic heterocycles. The predicted molar refractivity (Wildman–Crippen MR) is 119 cm³/mol. The minimum absolute atomic E-state index is 0.308. The van der Waals surface area contributed by atoms with Gasteiger partial charge in [-0.15, -0.1) is 0 Å². The first-order valence-electron chi connectivity index (χ1n) is 10.3. The van der Waals surface area contributed by atoms with Gasteiger partial charge in [0.2, 0.25) is 0 Å². The molecule has 0 aliphatic carbocycles. The number of nitrogens with zero attached hydrogens (tertiary/aromatic N) is 2. The molecule has 0 N–H and O–H groups in total. The van der Waals surface area contributed by atoms with Crippen LogP contribution in [0.25, 0.3) is 5.57 Å². The topological polar surface area (TPSA) is 40.6 Å². The van der Waals surface area contributed by atoms with E-state index in [9.17, 15) is 14.0 Å². The van der Waals surface area contributed by atoms with E-state index >= 15 is 0 Å². The summed E-state index contributed by atoms with van der Waals surface area (Å²) in [6.07, 6.45) is 0.793. The van der Waals surface area contributed by atoms with Crippen LogP contribution in [0.1, 0.15) is 22.3 Å². The van der Waals surface area contributed by atoms with E-state index < -0.39 is 0 Å². The number of benzene rings is 3. The van der Waals surface area contributed by atoms with Crippen LogP contribution in [0.2, 0.25) is 0 Å². The molecule has 0 radical (unpaired) electrons. The maximum atomic E-state index is 13.8. The van der Waals surface area contributed by atoms with Gasteiger partial charge in [-0.1, -0.05) is 42.5 Å². The third-order valence-electron chi connectivity index (χ3n) is 6.17. The third-order valence-corrected chi connectivity index (χ3v) is 6.17. The first kappa shape index (κ1) is 19.2. The summed E-state index contributed by atoms with van der Waals surface area (Å²) in [6.45, 7) is 4.47. The van der Waals surface area contributed by atoms with Crippen LogP contribution >= 0.6 is 0 Å². The lowest BCUT2D eigenvalue weighted by molar-refractivity contribution is -0.120. The van der Waals surface area contributed by atoms with Crippen molar-refractivity contribution in [2.75, 3.05) is 16.3 Å². The van der Waals surface area contributed by atoms with Crippen LogP contribution < -0.4 is 9.80 Å². The van der Waals surface area contributed by atoms with E-state index in [1.807, 2.05) is 55.1 Å². The standard InChI is InChI=1S/C26H21FN2O2/c1-16-6-5-9-21(17(16)2)29-25(30)23(19-10-12-20(27)13-11-19)24(26(29)31)28-15-14-18-7-3-4-8-22(18)28/h3-13H,14-15H2,1-2H3. The van der Waals surface area contributed by atoms with Gasteiger partial charge >= 0.3 is 0 Å². The molecule has 0 fully saturated rings. The quantitative estimate of drug-likeness (QED) is 0.581. The Bertz CT molecular complexity index is 1260. The van der Waals surface area contributed by atoms with Crippen molar-refractivity contribution in [2.45, 2.75) is 20.3 Å². The Kier molecular flexibility index (Phi) is 4.47. The molecule has 31 heavy (non-hydrogen) atoms. The normalized spacial score (nSPS) is 15.8. The Morgan fingerprint density at radius 1 is 0.806 bits per heavy atom. The maximum Gasteiger partial charge on any atom is 0.282 e. The number of imide groups is 1. The van der Waals surface area contributed by atoms with Crippen LogP contribution in [-0.4, -0.2) is 18.4 Å². The molecule has 5 rings (SSSR count). The summed E-state index contributed by atoms with van der Waals surface area (Å²) in [7, 11) is 0. The van der Waals surface area contributed by atoms with Crippen molar-refractivity contribution >= 4 is 28.8 Å². The Labute approximate surface area is 180 Å². The molecule has 0 spiro atoms. The summed E-state index contributed by atoms with van der Waals surface area (Å²) in [5.41, 5.74) is 5.72. The van der Waals surface area contributed by atoms with Crippen molar-refractivity contribution < 1.29 is 14.0 Å². The molecule has 0 saturated heterocycles. The van der Waals surface area contributed by atoms with Gasteiger partial charge in [0, 0.05) is 12.2 Å². The summed E-state index contributed by atoms with van der Waals surface area (Å²) in [4.78, 5) is 30.6. The fraction of sp³-hybridized carbons (Fsp3) is 0.154. The minimum atomic E-state index is -0.388. The second-order valence-electron chi connectivity index (χ2n) is 7.93. The van der Waals surface area contributed by atoms with E-state index in [1.165, 1.54) is 17.0 Å². The van der Waals surface area contributed by atoms with E-state index in [2.05, 4.69) is 0 Å². The molecule has 2 amide bonds. The fourth-order valence-electron chi connectivity index (χ4n) is 4.41. The minimum Gasteiger partial charge on any atom is -0.336 e.